The molecule has 0 saturated carbocycles. The first-order valence-electron chi connectivity index (χ1n) is 9.70. The second kappa shape index (κ2) is 10.8. The van der Waals surface area contributed by atoms with Crippen LogP contribution in [0.5, 0.6) is 5.75 Å². The normalized spacial score (nSPS) is 10.8. The van der Waals surface area contributed by atoms with Gasteiger partial charge < -0.3 is 10.1 Å². The molecule has 0 aliphatic rings. The van der Waals surface area contributed by atoms with Crippen molar-refractivity contribution in [3.05, 3.63) is 93.0 Å². The van der Waals surface area contributed by atoms with Gasteiger partial charge in [0.25, 0.3) is 0 Å². The number of carbonyl (C=O) groups excluding carboxylic acids is 2. The lowest BCUT2D eigenvalue weighted by atomic mass is 10.1. The van der Waals surface area contributed by atoms with Crippen molar-refractivity contribution >= 4 is 46.9 Å². The van der Waals surface area contributed by atoms with Crippen LogP contribution in [0.1, 0.15) is 22.3 Å². The molecule has 0 saturated heterocycles. The predicted molar refractivity (Wildman–Crippen MR) is 128 cm³/mol. The zero-order chi connectivity index (χ0) is 23.1. The van der Waals surface area contributed by atoms with Gasteiger partial charge in [-0.3, -0.25) is 9.59 Å². The smallest absolute Gasteiger partial charge is 0.329 e. The van der Waals surface area contributed by atoms with Gasteiger partial charge in [0.05, 0.1) is 6.21 Å². The Morgan fingerprint density at radius 1 is 1.00 bits per heavy atom. The van der Waals surface area contributed by atoms with E-state index in [0.717, 1.165) is 16.7 Å². The van der Waals surface area contributed by atoms with Crippen LogP contribution >= 0.6 is 23.2 Å². The highest BCUT2D eigenvalue weighted by molar-refractivity contribution is 6.39. The fourth-order valence-corrected chi connectivity index (χ4v) is 3.30. The Bertz CT molecular complexity index is 1180. The van der Waals surface area contributed by atoms with Crippen molar-refractivity contribution in [1.82, 2.24) is 5.43 Å². The van der Waals surface area contributed by atoms with Gasteiger partial charge in [-0.2, -0.15) is 5.10 Å². The van der Waals surface area contributed by atoms with E-state index in [-0.39, 0.29) is 6.61 Å². The van der Waals surface area contributed by atoms with Crippen LogP contribution in [0.25, 0.3) is 0 Å². The molecule has 0 fully saturated rings. The maximum Gasteiger partial charge on any atom is 0.329 e. The number of ether oxygens (including phenoxy) is 1. The number of halogens is 2. The lowest BCUT2D eigenvalue weighted by Gasteiger charge is -2.09. The van der Waals surface area contributed by atoms with Crippen molar-refractivity contribution in [1.29, 1.82) is 0 Å². The number of rotatable bonds is 6. The van der Waals surface area contributed by atoms with E-state index < -0.39 is 11.8 Å². The number of hydrogen-bond donors (Lipinski definition) is 2. The average molecular weight is 470 g/mol. The monoisotopic (exact) mass is 469 g/mol. The molecule has 2 N–H and O–H groups in total. The average Bonchev–Trinajstić information content (AvgIpc) is 2.75. The Morgan fingerprint density at radius 3 is 2.56 bits per heavy atom. The summed E-state index contributed by atoms with van der Waals surface area (Å²) in [6, 6.07) is 17.8. The summed E-state index contributed by atoms with van der Waals surface area (Å²) in [5.41, 5.74) is 6.21. The topological polar surface area (TPSA) is 79.8 Å². The van der Waals surface area contributed by atoms with Crippen LogP contribution < -0.4 is 15.5 Å². The summed E-state index contributed by atoms with van der Waals surface area (Å²) in [6.45, 7) is 4.08. The maximum atomic E-state index is 12.1. The van der Waals surface area contributed by atoms with Gasteiger partial charge in [-0.05, 0) is 55.3 Å². The maximum absolute atomic E-state index is 12.1. The summed E-state index contributed by atoms with van der Waals surface area (Å²) in [4.78, 5) is 24.1. The SMILES string of the molecule is Cc1ccc(NC(=O)C(=O)NN=Cc2cccc(OCc3ccc(Cl)cc3Cl)c2)c(C)c1. The van der Waals surface area contributed by atoms with E-state index in [2.05, 4.69) is 15.8 Å². The first-order chi connectivity index (χ1) is 15.3. The highest BCUT2D eigenvalue weighted by Gasteiger charge is 2.14. The van der Waals surface area contributed by atoms with E-state index in [0.29, 0.717) is 27.0 Å². The van der Waals surface area contributed by atoms with Crippen LogP contribution in [0.4, 0.5) is 5.69 Å². The number of aryl methyl sites for hydroxylation is 2. The summed E-state index contributed by atoms with van der Waals surface area (Å²) in [6.07, 6.45) is 1.42. The Kier molecular flexibility index (Phi) is 7.87. The van der Waals surface area contributed by atoms with Gasteiger partial charge >= 0.3 is 11.8 Å². The second-order valence-electron chi connectivity index (χ2n) is 7.07. The summed E-state index contributed by atoms with van der Waals surface area (Å²) in [5, 5.41) is 7.50. The van der Waals surface area contributed by atoms with Crippen LogP contribution in [0.3, 0.4) is 0 Å². The van der Waals surface area contributed by atoms with Gasteiger partial charge in [0.2, 0.25) is 0 Å². The molecule has 3 aromatic carbocycles. The third-order valence-corrected chi connectivity index (χ3v) is 5.07. The van der Waals surface area contributed by atoms with E-state index >= 15 is 0 Å². The quantitative estimate of drug-likeness (QED) is 0.292. The number of benzene rings is 3. The number of hydrazone groups is 1. The van der Waals surface area contributed by atoms with Gasteiger partial charge in [-0.15, -0.1) is 0 Å². The summed E-state index contributed by atoms with van der Waals surface area (Å²) in [5.74, 6) is -1.07. The zero-order valence-corrected chi connectivity index (χ0v) is 19.0. The van der Waals surface area contributed by atoms with Crippen LogP contribution in [0.15, 0.2) is 65.8 Å². The molecule has 0 spiro atoms. The van der Waals surface area contributed by atoms with E-state index in [1.54, 1.807) is 48.5 Å². The van der Waals surface area contributed by atoms with Gasteiger partial charge in [0.15, 0.2) is 0 Å². The summed E-state index contributed by atoms with van der Waals surface area (Å²) in [7, 11) is 0. The van der Waals surface area contributed by atoms with Crippen molar-refractivity contribution in [3.63, 3.8) is 0 Å². The number of carbonyl (C=O) groups is 2. The Hall–Kier alpha value is -3.35. The molecule has 32 heavy (non-hydrogen) atoms. The molecular weight excluding hydrogens is 449 g/mol. The molecule has 0 unspecified atom stereocenters. The molecule has 6 nitrogen and oxygen atoms in total. The standard InChI is InChI=1S/C24H21Cl2N3O3/c1-15-6-9-22(16(2)10-15)28-23(30)24(31)29-27-13-17-4-3-5-20(11-17)32-14-18-7-8-19(25)12-21(18)26/h3-13H,14H2,1-2H3,(H,28,30)(H,29,31). The Labute approximate surface area is 196 Å². The largest absolute Gasteiger partial charge is 0.489 e. The minimum atomic E-state index is -0.869. The van der Waals surface area contributed by atoms with Crippen LogP contribution in [0, 0.1) is 13.8 Å². The van der Waals surface area contributed by atoms with Crippen LogP contribution in [-0.4, -0.2) is 18.0 Å². The molecule has 2 amide bonds. The van der Waals surface area contributed by atoms with Crippen molar-refractivity contribution < 1.29 is 14.3 Å². The van der Waals surface area contributed by atoms with Crippen molar-refractivity contribution in [2.75, 3.05) is 5.32 Å². The minimum absolute atomic E-state index is 0.270. The number of nitrogens with one attached hydrogen (secondary N) is 2. The number of anilines is 1. The first-order valence-corrected chi connectivity index (χ1v) is 10.5. The molecule has 0 aromatic heterocycles. The molecule has 0 atom stereocenters. The third-order valence-electron chi connectivity index (χ3n) is 4.48. The second-order valence-corrected chi connectivity index (χ2v) is 7.91. The molecule has 164 valence electrons. The summed E-state index contributed by atoms with van der Waals surface area (Å²) >= 11 is 12.1. The molecule has 0 radical (unpaired) electrons. The molecule has 0 heterocycles. The fraction of sp³-hybridized carbons (Fsp3) is 0.125. The molecule has 3 aromatic rings. The van der Waals surface area contributed by atoms with Gasteiger partial charge in [0, 0.05) is 21.3 Å². The van der Waals surface area contributed by atoms with Crippen molar-refractivity contribution in [2.45, 2.75) is 20.5 Å². The van der Waals surface area contributed by atoms with Crippen molar-refractivity contribution in [3.8, 4) is 5.75 Å². The molecule has 0 aliphatic carbocycles. The molecule has 0 aliphatic heterocycles. The Morgan fingerprint density at radius 2 is 1.81 bits per heavy atom. The van der Waals surface area contributed by atoms with Crippen LogP contribution in [0.2, 0.25) is 10.0 Å². The molecular formula is C24H21Cl2N3O3. The number of nitrogens with zero attached hydrogens (tertiary/aromatic N) is 1. The molecule has 0 bridgehead atoms. The van der Waals surface area contributed by atoms with E-state index in [9.17, 15) is 9.59 Å². The van der Waals surface area contributed by atoms with Gasteiger partial charge in [0.1, 0.15) is 12.4 Å². The highest BCUT2D eigenvalue weighted by atomic mass is 35.5. The number of hydrogen-bond acceptors (Lipinski definition) is 4. The third kappa shape index (κ3) is 6.57. The lowest BCUT2D eigenvalue weighted by Crippen LogP contribution is -2.32. The first kappa shape index (κ1) is 23.3. The molecule has 8 heteroatoms. The predicted octanol–water partition coefficient (Wildman–Crippen LogP) is 5.28. The van der Waals surface area contributed by atoms with E-state index in [4.69, 9.17) is 27.9 Å². The lowest BCUT2D eigenvalue weighted by molar-refractivity contribution is -0.136. The fourth-order valence-electron chi connectivity index (χ4n) is 2.83. The highest BCUT2D eigenvalue weighted by Crippen LogP contribution is 2.23. The van der Waals surface area contributed by atoms with Gasteiger partial charge in [-0.25, -0.2) is 5.43 Å². The van der Waals surface area contributed by atoms with Gasteiger partial charge in [-0.1, -0.05) is 59.1 Å². The Balaban J connectivity index is 1.54. The summed E-state index contributed by atoms with van der Waals surface area (Å²) < 4.78 is 5.76. The van der Waals surface area contributed by atoms with Crippen molar-refractivity contribution in [2.24, 2.45) is 5.10 Å². The van der Waals surface area contributed by atoms with E-state index in [1.807, 2.05) is 26.0 Å². The van der Waals surface area contributed by atoms with E-state index in [1.165, 1.54) is 6.21 Å². The molecule has 3 rings (SSSR count). The van der Waals surface area contributed by atoms with Crippen LogP contribution in [-0.2, 0) is 16.2 Å². The zero-order valence-electron chi connectivity index (χ0n) is 17.5. The minimum Gasteiger partial charge on any atom is -0.489 e. The number of amides is 2.